The Kier molecular flexibility index (Phi) is 3.08. The van der Waals surface area contributed by atoms with Crippen LogP contribution in [-0.2, 0) is 11.4 Å². The van der Waals surface area contributed by atoms with Gasteiger partial charge in [-0.15, -0.1) is 0 Å². The van der Waals surface area contributed by atoms with E-state index in [-0.39, 0.29) is 22.3 Å². The van der Waals surface area contributed by atoms with E-state index in [9.17, 15) is 23.5 Å². The Balaban J connectivity index is 2.24. The third-order valence-electron chi connectivity index (χ3n) is 3.19. The van der Waals surface area contributed by atoms with Crippen LogP contribution in [0.2, 0.25) is 0 Å². The summed E-state index contributed by atoms with van der Waals surface area (Å²) in [5.74, 6) is -2.03. The van der Waals surface area contributed by atoms with Crippen LogP contribution in [-0.4, -0.2) is 25.4 Å². The molecule has 1 aliphatic carbocycles. The number of carbonyl (C=O) groups excluding carboxylic acids is 2. The highest BCUT2D eigenvalue weighted by atomic mass is 32.2. The molecule has 1 unspecified atom stereocenters. The van der Waals surface area contributed by atoms with Crippen molar-refractivity contribution < 1.29 is 27.6 Å². The average Bonchev–Trinajstić information content (AvgIpc) is 2.46. The van der Waals surface area contributed by atoms with Crippen LogP contribution in [0.4, 0.5) is 0 Å². The molecule has 2 aromatic rings. The largest absolute Gasteiger partial charge is 0.740 e. The molecular weight excluding hydrogens is 296 g/mol. The van der Waals surface area contributed by atoms with Crippen molar-refractivity contribution in [2.24, 2.45) is 0 Å². The number of ketones is 2. The van der Waals surface area contributed by atoms with Crippen LogP contribution in [0.25, 0.3) is 0 Å². The van der Waals surface area contributed by atoms with E-state index in [1.807, 2.05) is 0 Å². The number of carbonyl (C=O) groups is 2. The lowest BCUT2D eigenvalue weighted by atomic mass is 9.83. The molecule has 0 saturated carbocycles. The van der Waals surface area contributed by atoms with E-state index in [4.69, 9.17) is 0 Å². The minimum absolute atomic E-state index is 0.0141. The number of hydrogen-bond donors (Lipinski definition) is 1. The smallest absolute Gasteiger partial charge is 0.198 e. The Bertz CT molecular complexity index is 811. The Morgan fingerprint density at radius 1 is 0.952 bits per heavy atom. The Labute approximate surface area is 121 Å². The number of phenolic OH excluding ortho intramolecular Hbond substituents is 1. The van der Waals surface area contributed by atoms with Crippen LogP contribution in [0.5, 0.6) is 11.5 Å². The van der Waals surface area contributed by atoms with Crippen LogP contribution in [0.15, 0.2) is 36.4 Å². The summed E-state index contributed by atoms with van der Waals surface area (Å²) < 4.78 is 25.5. The first-order valence-corrected chi connectivity index (χ1v) is 6.82. The molecule has 0 radical (unpaired) electrons. The topological polar surface area (TPSA) is 104 Å². The van der Waals surface area contributed by atoms with Crippen molar-refractivity contribution in [2.75, 3.05) is 0 Å². The molecule has 0 amide bonds. The lowest BCUT2D eigenvalue weighted by molar-refractivity contribution is 0.0976. The molecule has 1 N–H and O–H groups in total. The van der Waals surface area contributed by atoms with Crippen LogP contribution in [0, 0.1) is 0 Å². The predicted molar refractivity (Wildman–Crippen MR) is 71.0 cm³/mol. The van der Waals surface area contributed by atoms with Crippen molar-refractivity contribution >= 4 is 22.9 Å². The number of aromatic hydroxyl groups is 1. The van der Waals surface area contributed by atoms with Gasteiger partial charge in [-0.1, -0.05) is 24.3 Å². The fourth-order valence-corrected chi connectivity index (χ4v) is 2.57. The molecule has 6 nitrogen and oxygen atoms in total. The zero-order valence-corrected chi connectivity index (χ0v) is 11.2. The quantitative estimate of drug-likeness (QED) is 0.716. The summed E-state index contributed by atoms with van der Waals surface area (Å²) in [4.78, 5) is 24.7. The molecular formula is C14H7O6S-. The Morgan fingerprint density at radius 3 is 2.19 bits per heavy atom. The average molecular weight is 303 g/mol. The van der Waals surface area contributed by atoms with Gasteiger partial charge in [-0.2, -0.15) is 0 Å². The number of phenols is 1. The number of rotatable bonds is 2. The number of hydrogen-bond acceptors (Lipinski definition) is 6. The molecule has 2 aromatic carbocycles. The summed E-state index contributed by atoms with van der Waals surface area (Å²) in [6.07, 6.45) is 0. The van der Waals surface area contributed by atoms with Crippen LogP contribution in [0.1, 0.15) is 31.8 Å². The second kappa shape index (κ2) is 4.80. The number of benzene rings is 2. The summed E-state index contributed by atoms with van der Waals surface area (Å²) >= 11 is -2.90. The zero-order valence-electron chi connectivity index (χ0n) is 10.4. The molecule has 3 rings (SSSR count). The van der Waals surface area contributed by atoms with E-state index >= 15 is 0 Å². The van der Waals surface area contributed by atoms with Crippen LogP contribution in [0.3, 0.4) is 0 Å². The maximum atomic E-state index is 12.4. The summed E-state index contributed by atoms with van der Waals surface area (Å²) in [7, 11) is 0. The van der Waals surface area contributed by atoms with Gasteiger partial charge in [-0.05, 0) is 12.1 Å². The first-order chi connectivity index (χ1) is 10.0. The highest BCUT2D eigenvalue weighted by Crippen LogP contribution is 2.38. The van der Waals surface area contributed by atoms with Gasteiger partial charge < -0.3 is 13.8 Å². The van der Waals surface area contributed by atoms with Crippen molar-refractivity contribution in [2.45, 2.75) is 0 Å². The molecule has 0 saturated heterocycles. The SMILES string of the molecule is O=C1c2ccccc2C(=O)c2c1ccc(OS(=O)[O-])c2O. The van der Waals surface area contributed by atoms with E-state index in [0.29, 0.717) is 0 Å². The molecule has 0 bridgehead atoms. The summed E-state index contributed by atoms with van der Waals surface area (Å²) in [5.41, 5.74) is 0.169. The highest BCUT2D eigenvalue weighted by molar-refractivity contribution is 7.74. The first-order valence-electron chi connectivity index (χ1n) is 5.82. The van der Waals surface area contributed by atoms with Gasteiger partial charge in [0.25, 0.3) is 0 Å². The van der Waals surface area contributed by atoms with Gasteiger partial charge in [0.15, 0.2) is 23.1 Å². The Morgan fingerprint density at radius 2 is 1.57 bits per heavy atom. The van der Waals surface area contributed by atoms with E-state index in [1.54, 1.807) is 12.1 Å². The standard InChI is InChI=1S/C14H8O6S/c15-12-7-3-1-2-4-8(7)13(16)11-9(12)5-6-10(14(11)17)20-21(18)19/h1-6,17H,(H,18,19)/p-1. The molecule has 7 heteroatoms. The highest BCUT2D eigenvalue weighted by Gasteiger charge is 2.33. The van der Waals surface area contributed by atoms with E-state index in [0.717, 1.165) is 6.07 Å². The van der Waals surface area contributed by atoms with Crippen LogP contribution < -0.4 is 4.18 Å². The van der Waals surface area contributed by atoms with E-state index in [2.05, 4.69) is 4.18 Å². The normalized spacial score (nSPS) is 14.3. The van der Waals surface area contributed by atoms with Gasteiger partial charge in [0.05, 0.1) is 5.56 Å². The number of fused-ring (bicyclic) bond motifs is 2. The zero-order chi connectivity index (χ0) is 15.1. The maximum absolute atomic E-state index is 12.4. The molecule has 1 atom stereocenters. The lowest BCUT2D eigenvalue weighted by Crippen LogP contribution is -2.21. The first kappa shape index (κ1) is 13.5. The van der Waals surface area contributed by atoms with Crippen molar-refractivity contribution in [1.82, 2.24) is 0 Å². The van der Waals surface area contributed by atoms with E-state index < -0.39 is 34.4 Å². The van der Waals surface area contributed by atoms with Gasteiger partial charge in [-0.3, -0.25) is 9.59 Å². The molecule has 0 aliphatic heterocycles. The molecule has 21 heavy (non-hydrogen) atoms. The molecule has 0 fully saturated rings. The fraction of sp³-hybridized carbons (Fsp3) is 0. The van der Waals surface area contributed by atoms with Crippen molar-refractivity contribution in [3.63, 3.8) is 0 Å². The molecule has 0 aromatic heterocycles. The lowest BCUT2D eigenvalue weighted by Gasteiger charge is -2.19. The summed E-state index contributed by atoms with van der Waals surface area (Å²) in [6.45, 7) is 0. The predicted octanol–water partition coefficient (Wildman–Crippen LogP) is 1.34. The van der Waals surface area contributed by atoms with Gasteiger partial charge in [0, 0.05) is 16.7 Å². The summed E-state index contributed by atoms with van der Waals surface area (Å²) in [5, 5.41) is 10.0. The maximum Gasteiger partial charge on any atom is 0.198 e. The Hall–Kier alpha value is -2.51. The fourth-order valence-electron chi connectivity index (χ4n) is 2.29. The van der Waals surface area contributed by atoms with Gasteiger partial charge >= 0.3 is 0 Å². The molecule has 1 aliphatic rings. The summed E-state index contributed by atoms with van der Waals surface area (Å²) in [6, 6.07) is 8.60. The van der Waals surface area contributed by atoms with Gasteiger partial charge in [-0.25, -0.2) is 4.21 Å². The van der Waals surface area contributed by atoms with Crippen molar-refractivity contribution in [3.8, 4) is 11.5 Å². The molecule has 106 valence electrons. The molecule has 0 heterocycles. The second-order valence-corrected chi connectivity index (χ2v) is 4.90. The van der Waals surface area contributed by atoms with Crippen molar-refractivity contribution in [1.29, 1.82) is 0 Å². The third kappa shape index (κ3) is 2.03. The minimum atomic E-state index is -2.90. The van der Waals surface area contributed by atoms with Crippen LogP contribution >= 0.6 is 0 Å². The monoisotopic (exact) mass is 303 g/mol. The second-order valence-electron chi connectivity index (χ2n) is 4.33. The van der Waals surface area contributed by atoms with Crippen molar-refractivity contribution in [3.05, 3.63) is 58.7 Å². The van der Waals surface area contributed by atoms with Gasteiger partial charge in [0.2, 0.25) is 0 Å². The van der Waals surface area contributed by atoms with E-state index in [1.165, 1.54) is 18.2 Å². The van der Waals surface area contributed by atoms with Gasteiger partial charge in [0.1, 0.15) is 11.4 Å². The third-order valence-corrected chi connectivity index (χ3v) is 3.50. The molecule has 0 spiro atoms. The minimum Gasteiger partial charge on any atom is -0.740 e.